The lowest BCUT2D eigenvalue weighted by atomic mass is 9.70. The van der Waals surface area contributed by atoms with Gasteiger partial charge in [-0.2, -0.15) is 0 Å². The van der Waals surface area contributed by atoms with E-state index in [-0.39, 0.29) is 5.25 Å². The van der Waals surface area contributed by atoms with Crippen molar-refractivity contribution >= 4 is 9.84 Å². The minimum Gasteiger partial charge on any atom is -0.316 e. The van der Waals surface area contributed by atoms with Gasteiger partial charge in [-0.3, -0.25) is 0 Å². The first-order valence-electron chi connectivity index (χ1n) is 8.81. The molecule has 2 saturated carbocycles. The molecule has 3 nitrogen and oxygen atoms in total. The third kappa shape index (κ3) is 4.44. The SMILES string of the molecule is CCC1CCCC(C(NC)C2CCCC(S(C)(=O)=O)C2)C1. The molecule has 2 rings (SSSR count). The van der Waals surface area contributed by atoms with Gasteiger partial charge in [-0.25, -0.2) is 8.42 Å². The average molecular weight is 316 g/mol. The second-order valence-corrected chi connectivity index (χ2v) is 9.72. The molecule has 4 heteroatoms. The number of sulfone groups is 1. The summed E-state index contributed by atoms with van der Waals surface area (Å²) in [4.78, 5) is 0. The van der Waals surface area contributed by atoms with Gasteiger partial charge in [0.05, 0.1) is 5.25 Å². The Bertz CT molecular complexity index is 421. The zero-order chi connectivity index (χ0) is 15.5. The molecule has 0 aromatic heterocycles. The van der Waals surface area contributed by atoms with E-state index in [0.29, 0.717) is 12.0 Å². The van der Waals surface area contributed by atoms with Crippen LogP contribution in [0.5, 0.6) is 0 Å². The maximum Gasteiger partial charge on any atom is 0.150 e. The summed E-state index contributed by atoms with van der Waals surface area (Å²) in [5.74, 6) is 2.18. The molecule has 124 valence electrons. The van der Waals surface area contributed by atoms with Gasteiger partial charge in [0, 0.05) is 12.3 Å². The van der Waals surface area contributed by atoms with Crippen molar-refractivity contribution in [3.63, 3.8) is 0 Å². The van der Waals surface area contributed by atoms with Crippen LogP contribution in [0.1, 0.15) is 64.7 Å². The molecule has 2 aliphatic carbocycles. The highest BCUT2D eigenvalue weighted by molar-refractivity contribution is 7.91. The molecule has 0 spiro atoms. The smallest absolute Gasteiger partial charge is 0.150 e. The molecule has 2 aliphatic rings. The van der Waals surface area contributed by atoms with Gasteiger partial charge in [0.15, 0.2) is 0 Å². The minimum atomic E-state index is -2.87. The van der Waals surface area contributed by atoms with E-state index in [4.69, 9.17) is 0 Å². The minimum absolute atomic E-state index is 0.0994. The second kappa shape index (κ2) is 7.45. The summed E-state index contributed by atoms with van der Waals surface area (Å²) in [5, 5.41) is 3.46. The Kier molecular flexibility index (Phi) is 6.13. The molecule has 0 saturated heterocycles. The van der Waals surface area contributed by atoms with E-state index in [0.717, 1.165) is 31.1 Å². The maximum atomic E-state index is 11.9. The van der Waals surface area contributed by atoms with Crippen LogP contribution in [0.4, 0.5) is 0 Å². The van der Waals surface area contributed by atoms with E-state index in [1.807, 2.05) is 0 Å². The molecule has 21 heavy (non-hydrogen) atoms. The van der Waals surface area contributed by atoms with Gasteiger partial charge < -0.3 is 5.32 Å². The fraction of sp³-hybridized carbons (Fsp3) is 1.00. The highest BCUT2D eigenvalue weighted by atomic mass is 32.2. The first kappa shape index (κ1) is 17.3. The van der Waals surface area contributed by atoms with Gasteiger partial charge in [0.1, 0.15) is 9.84 Å². The molecule has 0 aromatic rings. The molecule has 0 aliphatic heterocycles. The fourth-order valence-corrected chi connectivity index (χ4v) is 5.97. The molecule has 0 heterocycles. The van der Waals surface area contributed by atoms with Gasteiger partial charge in [-0.15, -0.1) is 0 Å². The molecule has 0 aromatic carbocycles. The Hall–Kier alpha value is -0.0900. The lowest BCUT2D eigenvalue weighted by Gasteiger charge is -2.41. The van der Waals surface area contributed by atoms with E-state index in [2.05, 4.69) is 19.3 Å². The average Bonchev–Trinajstić information content (AvgIpc) is 2.48. The summed E-state index contributed by atoms with van der Waals surface area (Å²) in [7, 11) is -0.801. The van der Waals surface area contributed by atoms with Crippen LogP contribution in [0.2, 0.25) is 0 Å². The van der Waals surface area contributed by atoms with Crippen LogP contribution in [-0.4, -0.2) is 33.0 Å². The quantitative estimate of drug-likeness (QED) is 0.846. The van der Waals surface area contributed by atoms with Crippen LogP contribution in [0, 0.1) is 17.8 Å². The Morgan fingerprint density at radius 2 is 1.67 bits per heavy atom. The van der Waals surface area contributed by atoms with Crippen molar-refractivity contribution < 1.29 is 8.42 Å². The maximum absolute atomic E-state index is 11.9. The predicted molar refractivity (Wildman–Crippen MR) is 89.2 cm³/mol. The number of hydrogen-bond donors (Lipinski definition) is 1. The highest BCUT2D eigenvalue weighted by Gasteiger charge is 2.37. The van der Waals surface area contributed by atoms with Gasteiger partial charge in [-0.05, 0) is 56.9 Å². The zero-order valence-corrected chi connectivity index (χ0v) is 14.8. The van der Waals surface area contributed by atoms with Crippen LogP contribution in [0.25, 0.3) is 0 Å². The monoisotopic (exact) mass is 315 g/mol. The van der Waals surface area contributed by atoms with Crippen LogP contribution in [0.15, 0.2) is 0 Å². The summed E-state index contributed by atoms with van der Waals surface area (Å²) < 4.78 is 23.8. The van der Waals surface area contributed by atoms with Gasteiger partial charge in [-0.1, -0.05) is 32.6 Å². The first-order valence-corrected chi connectivity index (χ1v) is 10.8. The third-order valence-electron chi connectivity index (χ3n) is 6.02. The predicted octanol–water partition coefficient (Wildman–Crippen LogP) is 3.39. The van der Waals surface area contributed by atoms with Gasteiger partial charge in [0.25, 0.3) is 0 Å². The molecule has 2 fully saturated rings. The summed E-state index contributed by atoms with van der Waals surface area (Å²) in [6.45, 7) is 2.31. The topological polar surface area (TPSA) is 46.2 Å². The van der Waals surface area contributed by atoms with Crippen LogP contribution < -0.4 is 5.32 Å². The molecule has 0 radical (unpaired) electrons. The van der Waals surface area contributed by atoms with Crippen molar-refractivity contribution in [2.24, 2.45) is 17.8 Å². The van der Waals surface area contributed by atoms with Crippen molar-refractivity contribution in [1.82, 2.24) is 5.32 Å². The summed E-state index contributed by atoms with van der Waals surface area (Å²) in [6, 6.07) is 0.517. The Morgan fingerprint density at radius 1 is 1.05 bits per heavy atom. The van der Waals surface area contributed by atoms with Crippen molar-refractivity contribution in [1.29, 1.82) is 0 Å². The molecule has 5 unspecified atom stereocenters. The molecule has 1 N–H and O–H groups in total. The fourth-order valence-electron chi connectivity index (χ4n) is 4.78. The summed E-state index contributed by atoms with van der Waals surface area (Å²) in [6.07, 6.45) is 12.1. The highest BCUT2D eigenvalue weighted by Crippen LogP contribution is 2.39. The van der Waals surface area contributed by atoms with Crippen molar-refractivity contribution in [2.75, 3.05) is 13.3 Å². The zero-order valence-electron chi connectivity index (χ0n) is 14.0. The van der Waals surface area contributed by atoms with Crippen molar-refractivity contribution in [3.8, 4) is 0 Å². The number of rotatable bonds is 5. The Morgan fingerprint density at radius 3 is 2.24 bits per heavy atom. The van der Waals surface area contributed by atoms with Crippen LogP contribution in [-0.2, 0) is 9.84 Å². The molecular formula is C17H33NO2S. The number of nitrogens with one attached hydrogen (secondary N) is 1. The standard InChI is InChI=1S/C17H33NO2S/c1-4-13-7-5-8-14(11-13)17(18-2)15-9-6-10-16(12-15)21(3,19)20/h13-18H,4-12H2,1-3H3. The largest absolute Gasteiger partial charge is 0.316 e. The lowest BCUT2D eigenvalue weighted by molar-refractivity contribution is 0.151. The van der Waals surface area contributed by atoms with E-state index >= 15 is 0 Å². The van der Waals surface area contributed by atoms with Crippen LogP contribution in [0.3, 0.4) is 0 Å². The van der Waals surface area contributed by atoms with E-state index in [9.17, 15) is 8.42 Å². The summed E-state index contributed by atoms with van der Waals surface area (Å²) >= 11 is 0. The number of hydrogen-bond acceptors (Lipinski definition) is 3. The first-order chi connectivity index (χ1) is 9.95. The third-order valence-corrected chi connectivity index (χ3v) is 7.66. The normalized spacial score (nSPS) is 36.3. The van der Waals surface area contributed by atoms with Crippen LogP contribution >= 0.6 is 0 Å². The van der Waals surface area contributed by atoms with Gasteiger partial charge >= 0.3 is 0 Å². The van der Waals surface area contributed by atoms with Crippen molar-refractivity contribution in [3.05, 3.63) is 0 Å². The van der Waals surface area contributed by atoms with E-state index in [1.165, 1.54) is 44.8 Å². The second-order valence-electron chi connectivity index (χ2n) is 7.39. The Balaban J connectivity index is 2.02. The lowest BCUT2D eigenvalue weighted by Crippen LogP contribution is -2.45. The Labute approximate surface area is 131 Å². The molecular weight excluding hydrogens is 282 g/mol. The van der Waals surface area contributed by atoms with Crippen molar-refractivity contribution in [2.45, 2.75) is 76.0 Å². The molecule has 5 atom stereocenters. The van der Waals surface area contributed by atoms with Gasteiger partial charge in [0.2, 0.25) is 0 Å². The molecule has 0 bridgehead atoms. The molecule has 0 amide bonds. The van der Waals surface area contributed by atoms with E-state index in [1.54, 1.807) is 0 Å². The van der Waals surface area contributed by atoms with E-state index < -0.39 is 9.84 Å². The summed E-state index contributed by atoms with van der Waals surface area (Å²) in [5.41, 5.74) is 0.